The van der Waals surface area contributed by atoms with Gasteiger partial charge in [0.25, 0.3) is 5.91 Å². The third kappa shape index (κ3) is 4.84. The minimum absolute atomic E-state index is 0.0595. The minimum Gasteiger partial charge on any atom is -0.464 e. The van der Waals surface area contributed by atoms with Crippen molar-refractivity contribution in [2.24, 2.45) is 0 Å². The fraction of sp³-hybridized carbons (Fsp3) is 0.240. The molecule has 1 aliphatic heterocycles. The Balaban J connectivity index is 1.41. The summed E-state index contributed by atoms with van der Waals surface area (Å²) in [5.74, 6) is 2.03. The number of furan rings is 1. The van der Waals surface area contributed by atoms with Gasteiger partial charge in [0.15, 0.2) is 0 Å². The average Bonchev–Trinajstić information content (AvgIpc) is 3.14. The number of hydrogen-bond donors (Lipinski definition) is 0. The summed E-state index contributed by atoms with van der Waals surface area (Å²) in [6.07, 6.45) is 4.82. The Hall–Kier alpha value is -2.82. The Kier molecular flexibility index (Phi) is 6.07. The topological polar surface area (TPSA) is 36.7 Å². The second kappa shape index (κ2) is 8.90. The van der Waals surface area contributed by atoms with Gasteiger partial charge < -0.3 is 14.2 Å². The Morgan fingerprint density at radius 1 is 1.07 bits per heavy atom. The third-order valence-corrected chi connectivity index (χ3v) is 5.42. The molecule has 0 aliphatic carbocycles. The molecule has 0 N–H and O–H groups in total. The average molecular weight is 421 g/mol. The smallest absolute Gasteiger partial charge is 0.254 e. The summed E-state index contributed by atoms with van der Waals surface area (Å²) in [7, 11) is 4.04. The molecule has 2 aromatic carbocycles. The highest BCUT2D eigenvalue weighted by molar-refractivity contribution is 6.30. The molecule has 1 aromatic heterocycles. The van der Waals surface area contributed by atoms with Crippen LogP contribution in [0.3, 0.4) is 0 Å². The van der Waals surface area contributed by atoms with Crippen LogP contribution < -0.4 is 0 Å². The van der Waals surface area contributed by atoms with E-state index in [1.807, 2.05) is 79.7 Å². The van der Waals surface area contributed by atoms with Crippen molar-refractivity contribution in [3.63, 3.8) is 0 Å². The first-order chi connectivity index (χ1) is 14.5. The number of rotatable bonds is 5. The SMILES string of the molecule is CN(C)Cc1cc2c(o1)CCN(C(=O)c1ccc(/C=C\c3ccc(Cl)cc3)cc1)C2. The number of nitrogens with zero attached hydrogens (tertiary/aromatic N) is 2. The molecule has 0 radical (unpaired) electrons. The van der Waals surface area contributed by atoms with E-state index in [-0.39, 0.29) is 5.91 Å². The molecule has 3 aromatic rings. The van der Waals surface area contributed by atoms with Crippen molar-refractivity contribution in [2.75, 3.05) is 20.6 Å². The largest absolute Gasteiger partial charge is 0.464 e. The van der Waals surface area contributed by atoms with Crippen LogP contribution in [-0.4, -0.2) is 36.3 Å². The van der Waals surface area contributed by atoms with Crippen molar-refractivity contribution in [1.29, 1.82) is 0 Å². The summed E-state index contributed by atoms with van der Waals surface area (Å²) in [5, 5.41) is 0.726. The van der Waals surface area contributed by atoms with Gasteiger partial charge in [0.2, 0.25) is 0 Å². The first-order valence-corrected chi connectivity index (χ1v) is 10.4. The molecular weight excluding hydrogens is 396 g/mol. The molecule has 154 valence electrons. The van der Waals surface area contributed by atoms with E-state index in [1.54, 1.807) is 0 Å². The zero-order chi connectivity index (χ0) is 21.1. The standard InChI is InChI=1S/C25H25ClN2O2/c1-27(2)17-23-15-21-16-28(14-13-24(21)30-23)25(29)20-9-5-18(6-10-20)3-4-19-7-11-22(26)12-8-19/h3-12,15H,13-14,16-17H2,1-2H3/b4-3-. The van der Waals surface area contributed by atoms with Crippen molar-refractivity contribution in [3.8, 4) is 0 Å². The fourth-order valence-electron chi connectivity index (χ4n) is 3.64. The Morgan fingerprint density at radius 3 is 2.33 bits per heavy atom. The van der Waals surface area contributed by atoms with E-state index in [1.165, 1.54) is 0 Å². The van der Waals surface area contributed by atoms with E-state index in [4.69, 9.17) is 16.0 Å². The highest BCUT2D eigenvalue weighted by atomic mass is 35.5. The van der Waals surface area contributed by atoms with E-state index >= 15 is 0 Å². The van der Waals surface area contributed by atoms with E-state index in [9.17, 15) is 4.79 Å². The van der Waals surface area contributed by atoms with Crippen molar-refractivity contribution in [1.82, 2.24) is 9.80 Å². The zero-order valence-corrected chi connectivity index (χ0v) is 18.0. The number of benzene rings is 2. The normalized spacial score (nSPS) is 13.8. The summed E-state index contributed by atoms with van der Waals surface area (Å²) < 4.78 is 5.94. The van der Waals surface area contributed by atoms with Crippen LogP contribution in [0.5, 0.6) is 0 Å². The highest BCUT2D eigenvalue weighted by Gasteiger charge is 2.25. The van der Waals surface area contributed by atoms with E-state index in [0.717, 1.165) is 46.2 Å². The van der Waals surface area contributed by atoms with Gasteiger partial charge in [0.1, 0.15) is 11.5 Å². The molecule has 0 atom stereocenters. The Morgan fingerprint density at radius 2 is 1.70 bits per heavy atom. The quantitative estimate of drug-likeness (QED) is 0.521. The molecule has 5 heteroatoms. The predicted octanol–water partition coefficient (Wildman–Crippen LogP) is 5.36. The summed E-state index contributed by atoms with van der Waals surface area (Å²) in [6, 6.07) is 17.5. The summed E-state index contributed by atoms with van der Waals surface area (Å²) in [5.41, 5.74) is 3.95. The number of carbonyl (C=O) groups is 1. The number of fused-ring (bicyclic) bond motifs is 1. The van der Waals surface area contributed by atoms with Gasteiger partial charge in [-0.15, -0.1) is 0 Å². The monoisotopic (exact) mass is 420 g/mol. The van der Waals surface area contributed by atoms with Crippen LogP contribution in [0, 0.1) is 0 Å². The molecule has 0 saturated carbocycles. The summed E-state index contributed by atoms with van der Waals surface area (Å²) in [6.45, 7) is 2.05. The molecule has 0 fully saturated rings. The van der Waals surface area contributed by atoms with Crippen LogP contribution in [-0.2, 0) is 19.5 Å². The van der Waals surface area contributed by atoms with E-state index in [0.29, 0.717) is 18.7 Å². The second-order valence-electron chi connectivity index (χ2n) is 7.88. The second-order valence-corrected chi connectivity index (χ2v) is 8.32. The van der Waals surface area contributed by atoms with Gasteiger partial charge in [-0.3, -0.25) is 4.79 Å². The molecule has 4 nitrogen and oxygen atoms in total. The van der Waals surface area contributed by atoms with E-state index in [2.05, 4.69) is 11.0 Å². The van der Waals surface area contributed by atoms with Crippen molar-refractivity contribution in [3.05, 3.63) is 93.4 Å². The third-order valence-electron chi connectivity index (χ3n) is 5.17. The lowest BCUT2D eigenvalue weighted by molar-refractivity contribution is 0.0729. The van der Waals surface area contributed by atoms with Gasteiger partial charge in [-0.1, -0.05) is 48.0 Å². The molecule has 1 aliphatic rings. The molecule has 30 heavy (non-hydrogen) atoms. The lowest BCUT2D eigenvalue weighted by Crippen LogP contribution is -2.35. The Labute approximate surface area is 182 Å². The molecule has 4 rings (SSSR count). The first kappa shape index (κ1) is 20.5. The number of halogens is 1. The summed E-state index contributed by atoms with van der Waals surface area (Å²) in [4.78, 5) is 17.0. The van der Waals surface area contributed by atoms with Crippen molar-refractivity contribution < 1.29 is 9.21 Å². The van der Waals surface area contributed by atoms with Gasteiger partial charge in [0, 0.05) is 35.7 Å². The van der Waals surface area contributed by atoms with Gasteiger partial charge in [0.05, 0.1) is 6.54 Å². The van der Waals surface area contributed by atoms with Crippen LogP contribution in [0.1, 0.15) is 38.6 Å². The fourth-order valence-corrected chi connectivity index (χ4v) is 3.77. The molecule has 0 saturated heterocycles. The minimum atomic E-state index is 0.0595. The lowest BCUT2D eigenvalue weighted by Gasteiger charge is -2.26. The van der Waals surface area contributed by atoms with Crippen LogP contribution in [0.25, 0.3) is 12.2 Å². The summed E-state index contributed by atoms with van der Waals surface area (Å²) >= 11 is 5.92. The maximum absolute atomic E-state index is 13.0. The van der Waals surface area contributed by atoms with Gasteiger partial charge in [-0.2, -0.15) is 0 Å². The number of hydrogen-bond acceptors (Lipinski definition) is 3. The molecule has 0 unspecified atom stereocenters. The highest BCUT2D eigenvalue weighted by Crippen LogP contribution is 2.25. The zero-order valence-electron chi connectivity index (χ0n) is 17.3. The lowest BCUT2D eigenvalue weighted by atomic mass is 10.1. The maximum Gasteiger partial charge on any atom is 0.254 e. The van der Waals surface area contributed by atoms with Crippen LogP contribution >= 0.6 is 11.6 Å². The Bertz CT molecular complexity index is 1050. The van der Waals surface area contributed by atoms with Gasteiger partial charge in [-0.25, -0.2) is 0 Å². The van der Waals surface area contributed by atoms with Gasteiger partial charge >= 0.3 is 0 Å². The predicted molar refractivity (Wildman–Crippen MR) is 121 cm³/mol. The van der Waals surface area contributed by atoms with Crippen LogP contribution in [0.2, 0.25) is 5.02 Å². The number of carbonyl (C=O) groups excluding carboxylic acids is 1. The molecular formula is C25H25ClN2O2. The van der Waals surface area contributed by atoms with Crippen LogP contribution in [0.4, 0.5) is 0 Å². The maximum atomic E-state index is 13.0. The molecule has 0 bridgehead atoms. The van der Waals surface area contributed by atoms with Gasteiger partial charge in [-0.05, 0) is 55.6 Å². The number of amides is 1. The molecule has 1 amide bonds. The van der Waals surface area contributed by atoms with Crippen molar-refractivity contribution in [2.45, 2.75) is 19.5 Å². The van der Waals surface area contributed by atoms with Crippen molar-refractivity contribution >= 4 is 29.7 Å². The molecule has 2 heterocycles. The van der Waals surface area contributed by atoms with Crippen LogP contribution in [0.15, 0.2) is 59.0 Å². The van der Waals surface area contributed by atoms with E-state index < -0.39 is 0 Å². The first-order valence-electron chi connectivity index (χ1n) is 10.1. The molecule has 0 spiro atoms.